The molecule has 0 bridgehead atoms. The molecule has 1 nitrogen and oxygen atoms in total. The van der Waals surface area contributed by atoms with E-state index < -0.39 is 0 Å². The Bertz CT molecular complexity index is 110. The molecule has 1 fully saturated rings. The Morgan fingerprint density at radius 1 is 1.18 bits per heavy atom. The Morgan fingerprint density at radius 2 is 1.64 bits per heavy atom. The van der Waals surface area contributed by atoms with Crippen LogP contribution in [0, 0.1) is 5.92 Å². The third-order valence-corrected chi connectivity index (χ3v) is 3.32. The van der Waals surface area contributed by atoms with Crippen molar-refractivity contribution in [2.24, 2.45) is 5.92 Å². The van der Waals surface area contributed by atoms with E-state index in [0.717, 1.165) is 18.0 Å². The predicted octanol–water partition coefficient (Wildman–Crippen LogP) is 2.52. The Balaban J connectivity index is 2.47. The largest absolute Gasteiger partial charge is 0.301 e. The molecule has 0 aromatic rings. The molecule has 0 aliphatic carbocycles. The van der Waals surface area contributed by atoms with Crippen molar-refractivity contribution >= 4 is 0 Å². The highest BCUT2D eigenvalue weighted by atomic mass is 15.2. The molecule has 0 saturated carbocycles. The van der Waals surface area contributed by atoms with Crippen molar-refractivity contribution in [2.75, 3.05) is 7.05 Å². The van der Waals surface area contributed by atoms with Crippen LogP contribution in [0.15, 0.2) is 0 Å². The van der Waals surface area contributed by atoms with Crippen molar-refractivity contribution in [3.63, 3.8) is 0 Å². The molecule has 0 N–H and O–H groups in total. The molecule has 0 radical (unpaired) electrons. The summed E-state index contributed by atoms with van der Waals surface area (Å²) < 4.78 is 0. The van der Waals surface area contributed by atoms with Crippen molar-refractivity contribution in [2.45, 2.75) is 52.1 Å². The van der Waals surface area contributed by atoms with Gasteiger partial charge in [0.05, 0.1) is 0 Å². The van der Waals surface area contributed by atoms with Gasteiger partial charge in [-0.05, 0) is 39.7 Å². The fourth-order valence-electron chi connectivity index (χ4n) is 2.16. The first-order valence-electron chi connectivity index (χ1n) is 4.87. The summed E-state index contributed by atoms with van der Waals surface area (Å²) in [5.74, 6) is 0.983. The highest BCUT2D eigenvalue weighted by Crippen LogP contribution is 2.27. The monoisotopic (exact) mass is 155 g/mol. The molecular formula is C10H21N. The van der Waals surface area contributed by atoms with E-state index in [1.807, 2.05) is 0 Å². The minimum atomic E-state index is 0.795. The maximum atomic E-state index is 2.51. The van der Waals surface area contributed by atoms with E-state index in [-0.39, 0.29) is 0 Å². The van der Waals surface area contributed by atoms with Gasteiger partial charge in [-0.3, -0.25) is 0 Å². The van der Waals surface area contributed by atoms with Crippen molar-refractivity contribution < 1.29 is 0 Å². The summed E-state index contributed by atoms with van der Waals surface area (Å²) in [6.07, 6.45) is 4.16. The third kappa shape index (κ3) is 1.96. The Morgan fingerprint density at radius 3 is 2.00 bits per heavy atom. The molecule has 0 amide bonds. The van der Waals surface area contributed by atoms with Gasteiger partial charge in [-0.1, -0.05) is 13.3 Å². The van der Waals surface area contributed by atoms with E-state index in [9.17, 15) is 0 Å². The van der Waals surface area contributed by atoms with Gasteiger partial charge in [0.2, 0.25) is 0 Å². The fourth-order valence-corrected chi connectivity index (χ4v) is 2.16. The summed E-state index contributed by atoms with van der Waals surface area (Å²) in [5, 5.41) is 0. The van der Waals surface area contributed by atoms with E-state index in [1.165, 1.54) is 19.3 Å². The molecule has 0 aromatic carbocycles. The lowest BCUT2D eigenvalue weighted by atomic mass is 9.86. The lowest BCUT2D eigenvalue weighted by Crippen LogP contribution is -2.43. The zero-order chi connectivity index (χ0) is 8.43. The summed E-state index contributed by atoms with van der Waals surface area (Å²) in [6, 6.07) is 1.59. The highest BCUT2D eigenvalue weighted by molar-refractivity contribution is 4.81. The zero-order valence-electron chi connectivity index (χ0n) is 8.30. The lowest BCUT2D eigenvalue weighted by Gasteiger charge is -2.40. The van der Waals surface area contributed by atoms with E-state index in [2.05, 4.69) is 32.7 Å². The van der Waals surface area contributed by atoms with Crippen LogP contribution >= 0.6 is 0 Å². The number of hydrogen-bond donors (Lipinski definition) is 0. The summed E-state index contributed by atoms with van der Waals surface area (Å²) in [4.78, 5) is 2.51. The van der Waals surface area contributed by atoms with Crippen LogP contribution in [-0.4, -0.2) is 24.0 Å². The van der Waals surface area contributed by atoms with Crippen LogP contribution in [0.1, 0.15) is 40.0 Å². The molecule has 1 aliphatic heterocycles. The molecule has 1 heteroatoms. The van der Waals surface area contributed by atoms with Gasteiger partial charge in [0.15, 0.2) is 0 Å². The molecule has 1 aliphatic rings. The molecular weight excluding hydrogens is 134 g/mol. The fraction of sp³-hybridized carbons (Fsp3) is 1.00. The Hall–Kier alpha value is -0.0400. The molecule has 0 spiro atoms. The normalized spacial score (nSPS) is 40.9. The van der Waals surface area contributed by atoms with Gasteiger partial charge in [-0.15, -0.1) is 0 Å². The van der Waals surface area contributed by atoms with Crippen LogP contribution in [0.5, 0.6) is 0 Å². The van der Waals surface area contributed by atoms with E-state index >= 15 is 0 Å². The Labute approximate surface area is 70.8 Å². The Kier molecular flexibility index (Phi) is 2.94. The first-order chi connectivity index (χ1) is 5.15. The van der Waals surface area contributed by atoms with Crippen LogP contribution in [0.2, 0.25) is 0 Å². The second-order valence-corrected chi connectivity index (χ2v) is 4.11. The second-order valence-electron chi connectivity index (χ2n) is 4.11. The maximum Gasteiger partial charge on any atom is 0.00693 e. The number of hydrogen-bond acceptors (Lipinski definition) is 1. The average Bonchev–Trinajstić information content (AvgIpc) is 1.99. The SMILES string of the molecule is CCC1C[C@@H](C)N(C)[C@H](C)C1. The quantitative estimate of drug-likeness (QED) is 0.562. The zero-order valence-corrected chi connectivity index (χ0v) is 8.30. The predicted molar refractivity (Wildman–Crippen MR) is 49.7 cm³/mol. The molecule has 1 saturated heterocycles. The van der Waals surface area contributed by atoms with Crippen molar-refractivity contribution in [3.05, 3.63) is 0 Å². The smallest absolute Gasteiger partial charge is 0.00693 e. The number of nitrogens with zero attached hydrogens (tertiary/aromatic N) is 1. The minimum Gasteiger partial charge on any atom is -0.301 e. The van der Waals surface area contributed by atoms with Gasteiger partial charge < -0.3 is 4.90 Å². The first kappa shape index (κ1) is 9.05. The van der Waals surface area contributed by atoms with E-state index in [4.69, 9.17) is 0 Å². The number of piperidine rings is 1. The van der Waals surface area contributed by atoms with Gasteiger partial charge >= 0.3 is 0 Å². The van der Waals surface area contributed by atoms with Crippen LogP contribution < -0.4 is 0 Å². The standard InChI is InChI=1S/C10H21N/c1-5-10-6-8(2)11(4)9(3)7-10/h8-10H,5-7H2,1-4H3/t8-,9-/m1/s1. The summed E-state index contributed by atoms with van der Waals surface area (Å²) >= 11 is 0. The van der Waals surface area contributed by atoms with Crippen LogP contribution in [-0.2, 0) is 0 Å². The second kappa shape index (κ2) is 3.57. The average molecular weight is 155 g/mol. The third-order valence-electron chi connectivity index (χ3n) is 3.32. The van der Waals surface area contributed by atoms with Gasteiger partial charge in [-0.25, -0.2) is 0 Å². The van der Waals surface area contributed by atoms with Crippen LogP contribution in [0.3, 0.4) is 0 Å². The first-order valence-corrected chi connectivity index (χ1v) is 4.87. The summed E-state index contributed by atoms with van der Waals surface area (Å²) in [6.45, 7) is 7.01. The summed E-state index contributed by atoms with van der Waals surface area (Å²) in [5.41, 5.74) is 0. The molecule has 66 valence electrons. The molecule has 11 heavy (non-hydrogen) atoms. The lowest BCUT2D eigenvalue weighted by molar-refractivity contribution is 0.0964. The van der Waals surface area contributed by atoms with Crippen molar-refractivity contribution in [1.82, 2.24) is 4.90 Å². The molecule has 1 rings (SSSR count). The molecule has 2 atom stereocenters. The molecule has 0 aromatic heterocycles. The maximum absolute atomic E-state index is 2.51. The van der Waals surface area contributed by atoms with Gasteiger partial charge in [0, 0.05) is 12.1 Å². The molecule has 1 heterocycles. The van der Waals surface area contributed by atoms with Crippen LogP contribution in [0.25, 0.3) is 0 Å². The number of likely N-dealkylation sites (tertiary alicyclic amines) is 1. The number of rotatable bonds is 1. The van der Waals surface area contributed by atoms with Crippen LogP contribution in [0.4, 0.5) is 0 Å². The van der Waals surface area contributed by atoms with Crippen molar-refractivity contribution in [3.8, 4) is 0 Å². The van der Waals surface area contributed by atoms with Gasteiger partial charge in [0.25, 0.3) is 0 Å². The highest BCUT2D eigenvalue weighted by Gasteiger charge is 2.26. The van der Waals surface area contributed by atoms with Crippen molar-refractivity contribution in [1.29, 1.82) is 0 Å². The van der Waals surface area contributed by atoms with E-state index in [1.54, 1.807) is 0 Å². The minimum absolute atomic E-state index is 0.795. The molecule has 0 unspecified atom stereocenters. The van der Waals surface area contributed by atoms with Gasteiger partial charge in [-0.2, -0.15) is 0 Å². The van der Waals surface area contributed by atoms with Gasteiger partial charge in [0.1, 0.15) is 0 Å². The topological polar surface area (TPSA) is 3.24 Å². The summed E-state index contributed by atoms with van der Waals surface area (Å²) in [7, 11) is 2.25. The van der Waals surface area contributed by atoms with E-state index in [0.29, 0.717) is 0 Å².